The summed E-state index contributed by atoms with van der Waals surface area (Å²) in [5.74, 6) is 1.23. The molecular weight excluding hydrogens is 300 g/mol. The molecule has 1 aliphatic heterocycles. The van der Waals surface area contributed by atoms with Crippen LogP contribution in [0.25, 0.3) is 0 Å². The van der Waals surface area contributed by atoms with E-state index in [9.17, 15) is 9.59 Å². The Balaban J connectivity index is 1.57. The Labute approximate surface area is 139 Å². The van der Waals surface area contributed by atoms with Crippen LogP contribution in [-0.4, -0.2) is 22.8 Å². The summed E-state index contributed by atoms with van der Waals surface area (Å²) in [5, 5.41) is 0. The molecule has 0 radical (unpaired) electrons. The monoisotopic (exact) mass is 318 g/mol. The van der Waals surface area contributed by atoms with Gasteiger partial charge in [-0.25, -0.2) is 0 Å². The van der Waals surface area contributed by atoms with Crippen molar-refractivity contribution in [1.82, 2.24) is 0 Å². The van der Waals surface area contributed by atoms with Gasteiger partial charge in [0.05, 0.1) is 0 Å². The molecule has 2 unspecified atom stereocenters. The minimum absolute atomic E-state index is 0.000627. The highest BCUT2D eigenvalue weighted by atomic mass is 16.6. The molecule has 9 aliphatic carbocycles. The van der Waals surface area contributed by atoms with Crippen LogP contribution in [0, 0.1) is 40.9 Å². The fraction of sp³-hybridized carbons (Fsp3) is 0.619. The maximum absolute atomic E-state index is 13.5. The molecule has 3 heteroatoms. The number of carbonyl (C=O) groups is 2. The van der Waals surface area contributed by atoms with Crippen LogP contribution in [0.1, 0.15) is 25.3 Å². The summed E-state index contributed by atoms with van der Waals surface area (Å²) >= 11 is 0. The molecule has 10 bridgehead atoms. The van der Waals surface area contributed by atoms with Gasteiger partial charge < -0.3 is 4.74 Å². The molecule has 10 fully saturated rings. The summed E-state index contributed by atoms with van der Waals surface area (Å²) in [7, 11) is 0. The largest absolute Gasteiger partial charge is 0.360 e. The smallest absolute Gasteiger partial charge is 0.141 e. The molecule has 11 rings (SSSR count). The molecule has 1 aromatic carbocycles. The second kappa shape index (κ2) is 2.74. The van der Waals surface area contributed by atoms with Crippen molar-refractivity contribution in [3.05, 3.63) is 35.9 Å². The highest BCUT2D eigenvalue weighted by Gasteiger charge is 3.08. The third-order valence-electron chi connectivity index (χ3n) is 9.91. The van der Waals surface area contributed by atoms with Crippen LogP contribution in [0.5, 0.6) is 0 Å². The molecule has 24 heavy (non-hydrogen) atoms. The van der Waals surface area contributed by atoms with Crippen LogP contribution in [-0.2, 0) is 19.7 Å². The van der Waals surface area contributed by atoms with E-state index < -0.39 is 0 Å². The Morgan fingerprint density at radius 1 is 0.958 bits per heavy atom. The number of rotatable bonds is 1. The minimum Gasteiger partial charge on any atom is -0.360 e. The maximum atomic E-state index is 13.5. The van der Waals surface area contributed by atoms with Crippen LogP contribution in [0.2, 0.25) is 0 Å². The predicted molar refractivity (Wildman–Crippen MR) is 83.0 cm³/mol. The van der Waals surface area contributed by atoms with Crippen molar-refractivity contribution >= 4 is 11.6 Å². The van der Waals surface area contributed by atoms with Crippen molar-refractivity contribution in [3.8, 4) is 0 Å². The van der Waals surface area contributed by atoms with E-state index in [1.165, 1.54) is 5.56 Å². The van der Waals surface area contributed by atoms with Crippen molar-refractivity contribution in [2.75, 3.05) is 0 Å². The van der Waals surface area contributed by atoms with Gasteiger partial charge in [0.1, 0.15) is 22.8 Å². The molecule has 1 saturated heterocycles. The van der Waals surface area contributed by atoms with Gasteiger partial charge in [0.2, 0.25) is 0 Å². The van der Waals surface area contributed by atoms with Crippen molar-refractivity contribution in [1.29, 1.82) is 0 Å². The first-order valence-electron chi connectivity index (χ1n) is 9.39. The summed E-state index contributed by atoms with van der Waals surface area (Å²) in [5.41, 5.74) is 0.687. The van der Waals surface area contributed by atoms with Crippen molar-refractivity contribution in [2.45, 2.75) is 36.4 Å². The van der Waals surface area contributed by atoms with Gasteiger partial charge in [0, 0.05) is 46.3 Å². The Morgan fingerprint density at radius 2 is 1.62 bits per heavy atom. The molecule has 3 nitrogen and oxygen atoms in total. The Morgan fingerprint density at radius 3 is 2.38 bits per heavy atom. The van der Waals surface area contributed by atoms with Gasteiger partial charge in [-0.15, -0.1) is 0 Å². The fourth-order valence-corrected chi connectivity index (χ4v) is 10.0. The van der Waals surface area contributed by atoms with Crippen LogP contribution >= 0.6 is 0 Å². The van der Waals surface area contributed by atoms with Gasteiger partial charge >= 0.3 is 0 Å². The summed E-state index contributed by atoms with van der Waals surface area (Å²) in [4.78, 5) is 26.9. The Hall–Kier alpha value is -1.48. The van der Waals surface area contributed by atoms with Crippen LogP contribution in [0.4, 0.5) is 0 Å². The Bertz CT molecular complexity index is 922. The number of hydrogen-bond acceptors (Lipinski definition) is 3. The van der Waals surface area contributed by atoms with Gasteiger partial charge in [0.25, 0.3) is 0 Å². The topological polar surface area (TPSA) is 46.7 Å². The maximum Gasteiger partial charge on any atom is 0.141 e. The third-order valence-corrected chi connectivity index (χ3v) is 9.91. The predicted octanol–water partition coefficient (Wildman–Crippen LogP) is 2.14. The zero-order chi connectivity index (χ0) is 15.9. The highest BCUT2D eigenvalue weighted by molar-refractivity contribution is 6.07. The van der Waals surface area contributed by atoms with Crippen LogP contribution in [0.15, 0.2) is 30.3 Å². The average Bonchev–Trinajstić information content (AvgIpc) is 2.86. The van der Waals surface area contributed by atoms with E-state index in [4.69, 9.17) is 4.74 Å². The molecule has 1 heterocycles. The zero-order valence-electron chi connectivity index (χ0n) is 13.5. The highest BCUT2D eigenvalue weighted by Crippen LogP contribution is 2.98. The molecule has 0 amide bonds. The Kier molecular flexibility index (Phi) is 1.37. The molecule has 0 aromatic heterocycles. The SMILES string of the molecule is C[C@]12C[C@]3(c4ccccc4)[C@H]4C(=O)[C@@H]5[C@H](C(=O)[C@@H]41)[C@H]1C[C@@H]5C34OC142. The summed E-state index contributed by atoms with van der Waals surface area (Å²) in [6.45, 7) is 2.28. The number of Topliss-reactive ketones (excluding diaryl/α,β-unsaturated/α-hetero) is 2. The van der Waals surface area contributed by atoms with Gasteiger partial charge in [-0.05, 0) is 18.4 Å². The number of hydrogen-bond donors (Lipinski definition) is 0. The lowest BCUT2D eigenvalue weighted by atomic mass is 9.38. The quantitative estimate of drug-likeness (QED) is 0.745. The van der Waals surface area contributed by atoms with Gasteiger partial charge in [0.15, 0.2) is 0 Å². The molecule has 9 saturated carbocycles. The minimum atomic E-state index is -0.234. The van der Waals surface area contributed by atoms with Crippen molar-refractivity contribution in [3.63, 3.8) is 0 Å². The molecule has 1 aromatic rings. The first kappa shape index (κ1) is 12.0. The number of epoxide rings is 1. The van der Waals surface area contributed by atoms with Gasteiger partial charge in [-0.1, -0.05) is 37.3 Å². The first-order chi connectivity index (χ1) is 11.6. The second-order valence-electron chi connectivity index (χ2n) is 9.77. The summed E-state index contributed by atoms with van der Waals surface area (Å²) in [6.07, 6.45) is 2.03. The normalized spacial score (nSPS) is 67.7. The molecule has 2 spiro atoms. The molecule has 0 N–H and O–H groups in total. The van der Waals surface area contributed by atoms with Crippen molar-refractivity contribution < 1.29 is 14.3 Å². The molecular formula is C21H18O3. The third kappa shape index (κ3) is 0.652. The van der Waals surface area contributed by atoms with E-state index in [1.807, 2.05) is 6.07 Å². The molecule has 10 atom stereocenters. The van der Waals surface area contributed by atoms with E-state index >= 15 is 0 Å². The number of ketones is 2. The number of carbonyl (C=O) groups excluding carboxylic acids is 2. The lowest BCUT2D eigenvalue weighted by Crippen LogP contribution is -2.73. The van der Waals surface area contributed by atoms with Gasteiger partial charge in [-0.3, -0.25) is 9.59 Å². The number of ether oxygens (including phenoxy) is 1. The van der Waals surface area contributed by atoms with E-state index in [0.717, 1.165) is 12.8 Å². The first-order valence-corrected chi connectivity index (χ1v) is 9.39. The molecule has 120 valence electrons. The van der Waals surface area contributed by atoms with E-state index in [1.54, 1.807) is 0 Å². The standard InChI is InChI=1S/C21H18O3/c1-18-8-19(9-5-3-2-4-6-9)15-14(18)16(22)12-10-7-11(13(12)17(15)23)21(19)20(10,18)24-21/h2-6,10-15H,7-8H2,1H3/t10-,11+,12-,13+,14-,15-,18+,19+,20?,21?/m1/s1. The molecule has 10 aliphatic rings. The average molecular weight is 318 g/mol. The van der Waals surface area contributed by atoms with E-state index in [-0.39, 0.29) is 45.7 Å². The lowest BCUT2D eigenvalue weighted by Gasteiger charge is -2.60. The summed E-state index contributed by atoms with van der Waals surface area (Å²) < 4.78 is 6.79. The lowest BCUT2D eigenvalue weighted by molar-refractivity contribution is -0.171. The second-order valence-corrected chi connectivity index (χ2v) is 9.77. The van der Waals surface area contributed by atoms with Crippen LogP contribution < -0.4 is 0 Å². The fourth-order valence-electron chi connectivity index (χ4n) is 10.0. The zero-order valence-corrected chi connectivity index (χ0v) is 13.5. The van der Waals surface area contributed by atoms with E-state index in [0.29, 0.717) is 23.4 Å². The summed E-state index contributed by atoms with van der Waals surface area (Å²) in [6, 6.07) is 10.6. The van der Waals surface area contributed by atoms with Crippen molar-refractivity contribution in [2.24, 2.45) is 40.9 Å². The number of benzene rings is 1. The van der Waals surface area contributed by atoms with Gasteiger partial charge in [-0.2, -0.15) is 0 Å². The van der Waals surface area contributed by atoms with E-state index in [2.05, 4.69) is 31.2 Å². The van der Waals surface area contributed by atoms with Crippen LogP contribution in [0.3, 0.4) is 0 Å².